The number of ether oxygens (including phenoxy) is 2. The summed E-state index contributed by atoms with van der Waals surface area (Å²) in [6, 6.07) is 12.9. The first-order chi connectivity index (χ1) is 13.7. The minimum atomic E-state index is 0.589. The third-order valence-electron chi connectivity index (χ3n) is 4.78. The monoisotopic (exact) mass is 384 g/mol. The van der Waals surface area contributed by atoms with Gasteiger partial charge >= 0.3 is 0 Å². The summed E-state index contributed by atoms with van der Waals surface area (Å²) in [5.41, 5.74) is 12.8. The van der Waals surface area contributed by atoms with Crippen molar-refractivity contribution in [1.82, 2.24) is 0 Å². The van der Waals surface area contributed by atoms with Gasteiger partial charge in [-0.05, 0) is 36.8 Å². The molecule has 154 valence electrons. The van der Waals surface area contributed by atoms with Crippen LogP contribution in [0.1, 0.15) is 71.1 Å². The fourth-order valence-corrected chi connectivity index (χ4v) is 3.22. The normalized spacial score (nSPS) is 10.8. The average Bonchev–Trinajstić information content (AvgIpc) is 2.66. The molecule has 0 fully saturated rings. The van der Waals surface area contributed by atoms with E-state index >= 15 is 0 Å². The zero-order chi connectivity index (χ0) is 20.0. The van der Waals surface area contributed by atoms with Crippen LogP contribution in [0.3, 0.4) is 0 Å². The van der Waals surface area contributed by atoms with Gasteiger partial charge in [0.1, 0.15) is 17.2 Å². The number of hydrogen-bond acceptors (Lipinski definition) is 4. The lowest BCUT2D eigenvalue weighted by molar-refractivity contribution is 0.304. The van der Waals surface area contributed by atoms with Crippen molar-refractivity contribution in [2.24, 2.45) is 0 Å². The van der Waals surface area contributed by atoms with Crippen molar-refractivity contribution in [1.29, 1.82) is 0 Å². The molecule has 0 aromatic heterocycles. The van der Waals surface area contributed by atoms with E-state index in [1.54, 1.807) is 18.2 Å². The molecule has 0 aliphatic rings. The van der Waals surface area contributed by atoms with Gasteiger partial charge in [0.2, 0.25) is 0 Å². The van der Waals surface area contributed by atoms with Gasteiger partial charge < -0.3 is 20.9 Å². The van der Waals surface area contributed by atoms with E-state index < -0.39 is 0 Å². The number of nitrogens with two attached hydrogens (primary N) is 2. The maximum absolute atomic E-state index is 5.83. The molecular weight excluding hydrogens is 348 g/mol. The molecule has 0 aliphatic heterocycles. The fourth-order valence-electron chi connectivity index (χ4n) is 3.22. The van der Waals surface area contributed by atoms with E-state index in [-0.39, 0.29) is 0 Å². The van der Waals surface area contributed by atoms with Crippen LogP contribution in [0.2, 0.25) is 0 Å². The molecule has 28 heavy (non-hydrogen) atoms. The highest BCUT2D eigenvalue weighted by Crippen LogP contribution is 2.27. The Morgan fingerprint density at radius 2 is 1.11 bits per heavy atom. The fraction of sp³-hybridized carbons (Fsp3) is 0.500. The van der Waals surface area contributed by atoms with Crippen LogP contribution < -0.4 is 20.9 Å². The van der Waals surface area contributed by atoms with E-state index in [1.807, 2.05) is 24.3 Å². The van der Waals surface area contributed by atoms with Crippen LogP contribution in [-0.4, -0.2) is 6.61 Å². The summed E-state index contributed by atoms with van der Waals surface area (Å²) in [6.45, 7) is 3.03. The predicted molar refractivity (Wildman–Crippen MR) is 119 cm³/mol. The molecule has 0 aliphatic carbocycles. The third kappa shape index (κ3) is 9.03. The maximum Gasteiger partial charge on any atom is 0.131 e. The largest absolute Gasteiger partial charge is 0.494 e. The highest BCUT2D eigenvalue weighted by Gasteiger charge is 2.01. The van der Waals surface area contributed by atoms with Crippen LogP contribution in [0.4, 0.5) is 11.4 Å². The van der Waals surface area contributed by atoms with Gasteiger partial charge in [0, 0.05) is 23.5 Å². The summed E-state index contributed by atoms with van der Waals surface area (Å²) < 4.78 is 11.6. The second-order valence-electron chi connectivity index (χ2n) is 7.44. The zero-order valence-corrected chi connectivity index (χ0v) is 17.3. The van der Waals surface area contributed by atoms with Crippen LogP contribution in [0.25, 0.3) is 0 Å². The summed E-state index contributed by atoms with van der Waals surface area (Å²) >= 11 is 0. The minimum absolute atomic E-state index is 0.589. The molecule has 0 spiro atoms. The average molecular weight is 385 g/mol. The van der Waals surface area contributed by atoms with E-state index in [4.69, 9.17) is 20.9 Å². The number of unbranched alkanes of at least 4 members (excludes halogenated alkanes) is 9. The Morgan fingerprint density at radius 3 is 1.68 bits per heavy atom. The zero-order valence-electron chi connectivity index (χ0n) is 17.3. The Kier molecular flexibility index (Phi) is 10.1. The highest BCUT2D eigenvalue weighted by atomic mass is 16.5. The van der Waals surface area contributed by atoms with Gasteiger partial charge in [-0.15, -0.1) is 0 Å². The highest BCUT2D eigenvalue weighted by molar-refractivity contribution is 5.57. The van der Waals surface area contributed by atoms with Crippen molar-refractivity contribution in [2.75, 3.05) is 18.1 Å². The molecule has 0 heterocycles. The minimum Gasteiger partial charge on any atom is -0.494 e. The first kappa shape index (κ1) is 21.9. The first-order valence-electron chi connectivity index (χ1n) is 10.7. The van der Waals surface area contributed by atoms with Gasteiger partial charge in [0.15, 0.2) is 0 Å². The smallest absolute Gasteiger partial charge is 0.131 e. The van der Waals surface area contributed by atoms with Crippen molar-refractivity contribution < 1.29 is 9.47 Å². The second-order valence-corrected chi connectivity index (χ2v) is 7.44. The van der Waals surface area contributed by atoms with Crippen molar-refractivity contribution in [2.45, 2.75) is 71.1 Å². The first-order valence-corrected chi connectivity index (χ1v) is 10.7. The van der Waals surface area contributed by atoms with Gasteiger partial charge in [0.25, 0.3) is 0 Å². The summed E-state index contributed by atoms with van der Waals surface area (Å²) in [7, 11) is 0. The summed E-state index contributed by atoms with van der Waals surface area (Å²) in [4.78, 5) is 0. The van der Waals surface area contributed by atoms with Gasteiger partial charge in [0.05, 0.1) is 6.61 Å². The molecule has 0 saturated heterocycles. The number of benzene rings is 2. The molecule has 0 bridgehead atoms. The summed E-state index contributed by atoms with van der Waals surface area (Å²) in [5, 5.41) is 0. The van der Waals surface area contributed by atoms with Gasteiger partial charge in [-0.3, -0.25) is 0 Å². The number of anilines is 2. The van der Waals surface area contributed by atoms with Gasteiger partial charge in [-0.2, -0.15) is 0 Å². The predicted octanol–water partition coefficient (Wildman–Crippen LogP) is 6.94. The maximum atomic E-state index is 5.83. The molecule has 0 atom stereocenters. The van der Waals surface area contributed by atoms with Gasteiger partial charge in [-0.25, -0.2) is 0 Å². The quantitative estimate of drug-likeness (QED) is 0.273. The molecule has 0 amide bonds. The molecule has 4 nitrogen and oxygen atoms in total. The number of hydrogen-bond donors (Lipinski definition) is 2. The molecule has 0 saturated carbocycles. The van der Waals surface area contributed by atoms with Crippen LogP contribution >= 0.6 is 0 Å². The van der Waals surface area contributed by atoms with Crippen molar-refractivity contribution in [3.63, 3.8) is 0 Å². The Hall–Kier alpha value is -2.36. The number of nitrogen functional groups attached to an aromatic ring is 2. The van der Waals surface area contributed by atoms with Crippen LogP contribution in [0.15, 0.2) is 42.5 Å². The lowest BCUT2D eigenvalue weighted by atomic mass is 10.1. The van der Waals surface area contributed by atoms with Crippen LogP contribution in [0.5, 0.6) is 17.2 Å². The lowest BCUT2D eigenvalue weighted by Gasteiger charge is -2.09. The molecule has 4 heteroatoms. The van der Waals surface area contributed by atoms with Crippen molar-refractivity contribution >= 4 is 11.4 Å². The van der Waals surface area contributed by atoms with E-state index in [0.29, 0.717) is 17.1 Å². The van der Waals surface area contributed by atoms with Gasteiger partial charge in [-0.1, -0.05) is 64.7 Å². The second kappa shape index (κ2) is 12.9. The lowest BCUT2D eigenvalue weighted by Crippen LogP contribution is -1.97. The molecule has 2 aromatic rings. The summed E-state index contributed by atoms with van der Waals surface area (Å²) in [6.07, 6.45) is 13.3. The topological polar surface area (TPSA) is 70.5 Å². The molecule has 2 rings (SSSR count). The molecule has 0 radical (unpaired) electrons. The van der Waals surface area contributed by atoms with Crippen LogP contribution in [-0.2, 0) is 0 Å². The van der Waals surface area contributed by atoms with Crippen molar-refractivity contribution in [3.05, 3.63) is 42.5 Å². The van der Waals surface area contributed by atoms with Crippen LogP contribution in [0, 0.1) is 0 Å². The Morgan fingerprint density at radius 1 is 0.607 bits per heavy atom. The molecule has 2 aromatic carbocycles. The summed E-state index contributed by atoms with van der Waals surface area (Å²) in [5.74, 6) is 2.24. The van der Waals surface area contributed by atoms with E-state index in [0.717, 1.165) is 24.5 Å². The Balaban J connectivity index is 1.56. The third-order valence-corrected chi connectivity index (χ3v) is 4.78. The molecular formula is C24H36N2O2. The van der Waals surface area contributed by atoms with E-state index in [2.05, 4.69) is 6.92 Å². The van der Waals surface area contributed by atoms with E-state index in [1.165, 1.54) is 57.8 Å². The Bertz CT molecular complexity index is 651. The molecule has 0 unspecified atom stereocenters. The van der Waals surface area contributed by atoms with Crippen molar-refractivity contribution in [3.8, 4) is 17.2 Å². The Labute approximate surface area is 170 Å². The number of rotatable bonds is 14. The standard InChI is InChI=1S/C24H36N2O2/c1-2-3-4-5-6-7-8-9-10-11-16-27-22-12-14-23(15-13-22)28-24-18-20(25)17-21(26)19-24/h12-15,17-19H,2-11,16,25-26H2,1H3. The van der Waals surface area contributed by atoms with E-state index in [9.17, 15) is 0 Å². The SMILES string of the molecule is CCCCCCCCCCCCOc1ccc(Oc2cc(N)cc(N)c2)cc1. The molecule has 4 N–H and O–H groups in total.